The summed E-state index contributed by atoms with van der Waals surface area (Å²) in [6, 6.07) is 14.2. The zero-order chi connectivity index (χ0) is 14.8. The van der Waals surface area contributed by atoms with Gasteiger partial charge in [-0.2, -0.15) is 0 Å². The summed E-state index contributed by atoms with van der Waals surface area (Å²) >= 11 is 0. The number of ether oxygens (including phenoxy) is 2. The number of amides is 1. The predicted octanol–water partition coefficient (Wildman–Crippen LogP) is 3.45. The van der Waals surface area contributed by atoms with Crippen LogP contribution in [0.4, 0.5) is 4.79 Å². The minimum absolute atomic E-state index is 0.0310. The summed E-state index contributed by atoms with van der Waals surface area (Å²) in [4.78, 5) is 13.4. The number of fused-ring (bicyclic) bond motifs is 1. The van der Waals surface area contributed by atoms with Gasteiger partial charge in [-0.1, -0.05) is 36.4 Å². The number of rotatable bonds is 4. The third-order valence-corrected chi connectivity index (χ3v) is 3.74. The van der Waals surface area contributed by atoms with Gasteiger partial charge in [0, 0.05) is 11.4 Å². The molecule has 0 saturated carbocycles. The molecule has 1 fully saturated rings. The Labute approximate surface area is 124 Å². The van der Waals surface area contributed by atoms with Gasteiger partial charge in [-0.05, 0) is 25.3 Å². The molecule has 0 spiro atoms. The SMILES string of the molecule is CC(C)N1C(=O)OCC1COc1cccc2ccccc12. The molecule has 0 aromatic heterocycles. The zero-order valence-electron chi connectivity index (χ0n) is 12.3. The lowest BCUT2D eigenvalue weighted by atomic mass is 10.1. The summed E-state index contributed by atoms with van der Waals surface area (Å²) in [5, 5.41) is 2.23. The van der Waals surface area contributed by atoms with Crippen molar-refractivity contribution in [2.45, 2.75) is 25.9 Å². The molecule has 110 valence electrons. The maximum absolute atomic E-state index is 11.7. The van der Waals surface area contributed by atoms with Gasteiger partial charge in [-0.3, -0.25) is 4.90 Å². The van der Waals surface area contributed by atoms with Crippen LogP contribution in [0.5, 0.6) is 5.75 Å². The van der Waals surface area contributed by atoms with E-state index in [0.717, 1.165) is 16.5 Å². The number of carbonyl (C=O) groups excluding carboxylic acids is 1. The summed E-state index contributed by atoms with van der Waals surface area (Å²) in [6.45, 7) is 4.80. The highest BCUT2D eigenvalue weighted by Gasteiger charge is 2.35. The normalized spacial score (nSPS) is 18.3. The topological polar surface area (TPSA) is 38.8 Å². The average Bonchev–Trinajstić information content (AvgIpc) is 2.86. The lowest BCUT2D eigenvalue weighted by Gasteiger charge is -2.25. The fraction of sp³-hybridized carbons (Fsp3) is 0.353. The number of benzene rings is 2. The first-order chi connectivity index (χ1) is 10.2. The van der Waals surface area contributed by atoms with E-state index in [-0.39, 0.29) is 18.2 Å². The van der Waals surface area contributed by atoms with Crippen LogP contribution in [0.3, 0.4) is 0 Å². The highest BCUT2D eigenvalue weighted by atomic mass is 16.6. The fourth-order valence-corrected chi connectivity index (χ4v) is 2.74. The lowest BCUT2D eigenvalue weighted by molar-refractivity contribution is 0.143. The van der Waals surface area contributed by atoms with Crippen LogP contribution in [0.15, 0.2) is 42.5 Å². The molecule has 0 N–H and O–H groups in total. The summed E-state index contributed by atoms with van der Waals surface area (Å²) in [5.41, 5.74) is 0. The summed E-state index contributed by atoms with van der Waals surface area (Å²) in [5.74, 6) is 0.844. The van der Waals surface area contributed by atoms with E-state index in [0.29, 0.717) is 13.2 Å². The second-order valence-corrected chi connectivity index (χ2v) is 5.52. The first-order valence-corrected chi connectivity index (χ1v) is 7.22. The molecule has 2 aromatic carbocycles. The number of carbonyl (C=O) groups is 1. The predicted molar refractivity (Wildman–Crippen MR) is 81.6 cm³/mol. The third kappa shape index (κ3) is 2.66. The van der Waals surface area contributed by atoms with Gasteiger partial charge >= 0.3 is 6.09 Å². The monoisotopic (exact) mass is 285 g/mol. The number of cyclic esters (lactones) is 1. The van der Waals surface area contributed by atoms with E-state index in [1.165, 1.54) is 0 Å². The van der Waals surface area contributed by atoms with Crippen LogP contribution in [-0.2, 0) is 4.74 Å². The smallest absolute Gasteiger partial charge is 0.410 e. The molecule has 21 heavy (non-hydrogen) atoms. The van der Waals surface area contributed by atoms with Crippen LogP contribution >= 0.6 is 0 Å². The van der Waals surface area contributed by atoms with Crippen molar-refractivity contribution in [2.75, 3.05) is 13.2 Å². The molecule has 0 aliphatic carbocycles. The first-order valence-electron chi connectivity index (χ1n) is 7.22. The number of hydrogen-bond acceptors (Lipinski definition) is 3. The summed E-state index contributed by atoms with van der Waals surface area (Å²) in [7, 11) is 0. The van der Waals surface area contributed by atoms with Gasteiger partial charge in [0.15, 0.2) is 0 Å². The largest absolute Gasteiger partial charge is 0.491 e. The van der Waals surface area contributed by atoms with Gasteiger partial charge in [0.05, 0.1) is 0 Å². The Kier molecular flexibility index (Phi) is 3.69. The van der Waals surface area contributed by atoms with Crippen molar-refractivity contribution in [1.29, 1.82) is 0 Å². The van der Waals surface area contributed by atoms with Crippen LogP contribution in [0.2, 0.25) is 0 Å². The molecule has 1 saturated heterocycles. The van der Waals surface area contributed by atoms with E-state index in [2.05, 4.69) is 12.1 Å². The molecule has 3 rings (SSSR count). The molecule has 1 unspecified atom stereocenters. The molecular weight excluding hydrogens is 266 g/mol. The van der Waals surface area contributed by atoms with E-state index in [1.54, 1.807) is 4.90 Å². The van der Waals surface area contributed by atoms with Gasteiger partial charge in [-0.25, -0.2) is 4.79 Å². The minimum atomic E-state index is -0.253. The fourth-order valence-electron chi connectivity index (χ4n) is 2.74. The molecule has 4 nitrogen and oxygen atoms in total. The number of hydrogen-bond donors (Lipinski definition) is 0. The Hall–Kier alpha value is -2.23. The lowest BCUT2D eigenvalue weighted by Crippen LogP contribution is -2.42. The summed E-state index contributed by atoms with van der Waals surface area (Å²) in [6.07, 6.45) is -0.253. The molecule has 4 heteroatoms. The molecule has 0 bridgehead atoms. The van der Waals surface area contributed by atoms with Crippen LogP contribution in [0, 0.1) is 0 Å². The van der Waals surface area contributed by atoms with E-state index >= 15 is 0 Å². The molecule has 1 aliphatic heterocycles. The molecular formula is C17H19NO3. The molecule has 1 atom stereocenters. The average molecular weight is 285 g/mol. The standard InChI is InChI=1S/C17H19NO3/c1-12(2)18-14(11-21-17(18)19)10-20-16-9-5-7-13-6-3-4-8-15(13)16/h3-9,12,14H,10-11H2,1-2H3. The van der Waals surface area contributed by atoms with Crippen LogP contribution in [-0.4, -0.2) is 36.3 Å². The molecule has 1 amide bonds. The molecule has 0 radical (unpaired) electrons. The highest BCUT2D eigenvalue weighted by molar-refractivity contribution is 5.88. The Morgan fingerprint density at radius 1 is 1.24 bits per heavy atom. The maximum Gasteiger partial charge on any atom is 0.410 e. The van der Waals surface area contributed by atoms with E-state index in [9.17, 15) is 4.79 Å². The Bertz CT molecular complexity index is 648. The van der Waals surface area contributed by atoms with Crippen LogP contribution in [0.1, 0.15) is 13.8 Å². The molecule has 1 aliphatic rings. The van der Waals surface area contributed by atoms with Crippen molar-refractivity contribution >= 4 is 16.9 Å². The first kappa shape index (κ1) is 13.7. The Balaban J connectivity index is 1.76. The van der Waals surface area contributed by atoms with Crippen LogP contribution < -0.4 is 4.74 Å². The Morgan fingerprint density at radius 2 is 2.00 bits per heavy atom. The quantitative estimate of drug-likeness (QED) is 0.863. The second-order valence-electron chi connectivity index (χ2n) is 5.52. The third-order valence-electron chi connectivity index (χ3n) is 3.74. The van der Waals surface area contributed by atoms with Gasteiger partial charge in [0.2, 0.25) is 0 Å². The van der Waals surface area contributed by atoms with Crippen molar-refractivity contribution in [3.8, 4) is 5.75 Å². The van der Waals surface area contributed by atoms with Crippen molar-refractivity contribution < 1.29 is 14.3 Å². The second kappa shape index (κ2) is 5.64. The molecule has 2 aromatic rings. The zero-order valence-corrected chi connectivity index (χ0v) is 12.3. The van der Waals surface area contributed by atoms with Crippen molar-refractivity contribution in [3.05, 3.63) is 42.5 Å². The Morgan fingerprint density at radius 3 is 2.81 bits per heavy atom. The van der Waals surface area contributed by atoms with Crippen molar-refractivity contribution in [1.82, 2.24) is 4.90 Å². The van der Waals surface area contributed by atoms with E-state index < -0.39 is 0 Å². The minimum Gasteiger partial charge on any atom is -0.491 e. The van der Waals surface area contributed by atoms with Gasteiger partial charge in [0.25, 0.3) is 0 Å². The molecule has 1 heterocycles. The number of nitrogens with zero attached hydrogens (tertiary/aromatic N) is 1. The van der Waals surface area contributed by atoms with E-state index in [4.69, 9.17) is 9.47 Å². The maximum atomic E-state index is 11.7. The van der Waals surface area contributed by atoms with Gasteiger partial charge < -0.3 is 9.47 Å². The van der Waals surface area contributed by atoms with E-state index in [1.807, 2.05) is 44.2 Å². The van der Waals surface area contributed by atoms with Crippen molar-refractivity contribution in [3.63, 3.8) is 0 Å². The van der Waals surface area contributed by atoms with Gasteiger partial charge in [-0.15, -0.1) is 0 Å². The van der Waals surface area contributed by atoms with Gasteiger partial charge in [0.1, 0.15) is 25.0 Å². The van der Waals surface area contributed by atoms with Crippen LogP contribution in [0.25, 0.3) is 10.8 Å². The van der Waals surface area contributed by atoms with Crippen molar-refractivity contribution in [2.24, 2.45) is 0 Å². The summed E-state index contributed by atoms with van der Waals surface area (Å²) < 4.78 is 11.1. The highest BCUT2D eigenvalue weighted by Crippen LogP contribution is 2.26.